The van der Waals surface area contributed by atoms with E-state index in [1.807, 2.05) is 12.1 Å². The normalized spacial score (nSPS) is 17.5. The Morgan fingerprint density at radius 1 is 1.60 bits per heavy atom. The zero-order valence-electron chi connectivity index (χ0n) is 9.03. The lowest BCUT2D eigenvalue weighted by Crippen LogP contribution is -2.44. The maximum atomic E-state index is 11.2. The smallest absolute Gasteiger partial charge is 0.348 e. The van der Waals surface area contributed by atoms with Crippen molar-refractivity contribution in [3.05, 3.63) is 21.9 Å². The molecule has 4 heteroatoms. The zero-order chi connectivity index (χ0) is 10.8. The maximum absolute atomic E-state index is 11.2. The first-order chi connectivity index (χ1) is 7.19. The first kappa shape index (κ1) is 10.6. The second-order valence-corrected chi connectivity index (χ2v) is 5.23. The summed E-state index contributed by atoms with van der Waals surface area (Å²) in [5.74, 6) is 0.591. The van der Waals surface area contributed by atoms with Crippen molar-refractivity contribution in [2.75, 3.05) is 20.2 Å². The molecule has 82 valence electrons. The Morgan fingerprint density at radius 2 is 2.33 bits per heavy atom. The number of hydrogen-bond donors (Lipinski definition) is 0. The third-order valence-corrected chi connectivity index (χ3v) is 3.62. The van der Waals surface area contributed by atoms with Crippen LogP contribution >= 0.6 is 11.3 Å². The number of ether oxygens (including phenoxy) is 1. The fourth-order valence-corrected chi connectivity index (χ4v) is 2.82. The Labute approximate surface area is 93.7 Å². The molecule has 1 aromatic rings. The molecule has 15 heavy (non-hydrogen) atoms. The second-order valence-electron chi connectivity index (χ2n) is 4.06. The van der Waals surface area contributed by atoms with Crippen molar-refractivity contribution in [2.45, 2.75) is 13.5 Å². The molecule has 0 bridgehead atoms. The van der Waals surface area contributed by atoms with Crippen LogP contribution in [0.1, 0.15) is 21.5 Å². The summed E-state index contributed by atoms with van der Waals surface area (Å²) in [6.07, 6.45) is 0. The largest absolute Gasteiger partial charge is 0.465 e. The van der Waals surface area contributed by atoms with Crippen LogP contribution in [0.4, 0.5) is 0 Å². The number of likely N-dealkylation sites (tertiary alicyclic amines) is 1. The Morgan fingerprint density at radius 3 is 2.93 bits per heavy atom. The van der Waals surface area contributed by atoms with Crippen molar-refractivity contribution in [3.8, 4) is 0 Å². The molecule has 0 unspecified atom stereocenters. The van der Waals surface area contributed by atoms with E-state index >= 15 is 0 Å². The van der Waals surface area contributed by atoms with Gasteiger partial charge in [0.2, 0.25) is 0 Å². The molecule has 2 rings (SSSR count). The maximum Gasteiger partial charge on any atom is 0.348 e. The van der Waals surface area contributed by atoms with Gasteiger partial charge in [-0.2, -0.15) is 0 Å². The first-order valence-electron chi connectivity index (χ1n) is 5.08. The van der Waals surface area contributed by atoms with Gasteiger partial charge in [-0.25, -0.2) is 4.79 Å². The van der Waals surface area contributed by atoms with Gasteiger partial charge in [0.15, 0.2) is 0 Å². The number of thiophene rings is 1. The van der Waals surface area contributed by atoms with Gasteiger partial charge in [0.25, 0.3) is 0 Å². The van der Waals surface area contributed by atoms with E-state index in [9.17, 15) is 4.79 Å². The number of methoxy groups -OCH3 is 1. The molecule has 1 aliphatic heterocycles. The van der Waals surface area contributed by atoms with E-state index in [4.69, 9.17) is 0 Å². The Bertz CT molecular complexity index is 355. The molecule has 1 fully saturated rings. The summed E-state index contributed by atoms with van der Waals surface area (Å²) in [6.45, 7) is 5.56. The summed E-state index contributed by atoms with van der Waals surface area (Å²) in [6, 6.07) is 3.86. The van der Waals surface area contributed by atoms with E-state index in [0.717, 1.165) is 12.5 Å². The van der Waals surface area contributed by atoms with Gasteiger partial charge in [0, 0.05) is 24.5 Å². The lowest BCUT2D eigenvalue weighted by Gasteiger charge is -2.36. The minimum atomic E-state index is -0.233. The van der Waals surface area contributed by atoms with Gasteiger partial charge in [-0.15, -0.1) is 11.3 Å². The average molecular weight is 225 g/mol. The van der Waals surface area contributed by atoms with Gasteiger partial charge in [-0.3, -0.25) is 4.90 Å². The quantitative estimate of drug-likeness (QED) is 0.737. The summed E-state index contributed by atoms with van der Waals surface area (Å²) >= 11 is 1.53. The van der Waals surface area contributed by atoms with E-state index in [-0.39, 0.29) is 5.97 Å². The van der Waals surface area contributed by atoms with Gasteiger partial charge in [0.1, 0.15) is 4.88 Å². The van der Waals surface area contributed by atoms with Crippen LogP contribution in [0.25, 0.3) is 0 Å². The highest BCUT2D eigenvalue weighted by Crippen LogP contribution is 2.23. The van der Waals surface area contributed by atoms with E-state index in [2.05, 4.69) is 16.6 Å². The van der Waals surface area contributed by atoms with Gasteiger partial charge < -0.3 is 4.74 Å². The molecule has 0 atom stereocenters. The van der Waals surface area contributed by atoms with Gasteiger partial charge in [0.05, 0.1) is 7.11 Å². The molecule has 1 aliphatic rings. The van der Waals surface area contributed by atoms with Crippen LogP contribution in [-0.2, 0) is 11.3 Å². The molecular weight excluding hydrogens is 210 g/mol. The predicted octanol–water partition coefficient (Wildman–Crippen LogP) is 1.99. The SMILES string of the molecule is COC(=O)c1ccc(CN2CC(C)C2)s1. The lowest BCUT2D eigenvalue weighted by atomic mass is 10.0. The number of carbonyl (C=O) groups is 1. The van der Waals surface area contributed by atoms with Crippen LogP contribution in [0, 0.1) is 5.92 Å². The Hall–Kier alpha value is -0.870. The monoisotopic (exact) mass is 225 g/mol. The third-order valence-electron chi connectivity index (χ3n) is 2.57. The minimum Gasteiger partial charge on any atom is -0.465 e. The standard InChI is InChI=1S/C11H15NO2S/c1-8-5-12(6-8)7-9-3-4-10(15-9)11(13)14-2/h3-4,8H,5-7H2,1-2H3. The Balaban J connectivity index is 1.92. The van der Waals surface area contributed by atoms with Crippen molar-refractivity contribution in [1.29, 1.82) is 0 Å². The second kappa shape index (κ2) is 4.33. The molecule has 0 spiro atoms. The lowest BCUT2D eigenvalue weighted by molar-refractivity contribution is 0.0606. The fourth-order valence-electron chi connectivity index (χ4n) is 1.85. The molecule has 0 aromatic carbocycles. The topological polar surface area (TPSA) is 29.5 Å². The van der Waals surface area contributed by atoms with Gasteiger partial charge >= 0.3 is 5.97 Å². The summed E-state index contributed by atoms with van der Waals surface area (Å²) in [7, 11) is 1.42. The highest BCUT2D eigenvalue weighted by atomic mass is 32.1. The van der Waals surface area contributed by atoms with E-state index < -0.39 is 0 Å². The predicted molar refractivity (Wildman–Crippen MR) is 60.1 cm³/mol. The molecule has 0 saturated carbocycles. The molecule has 0 radical (unpaired) electrons. The van der Waals surface area contributed by atoms with Crippen molar-refractivity contribution in [3.63, 3.8) is 0 Å². The van der Waals surface area contributed by atoms with E-state index in [1.165, 1.54) is 36.4 Å². The van der Waals surface area contributed by atoms with Crippen LogP contribution in [0.5, 0.6) is 0 Å². The Kier molecular flexibility index (Phi) is 3.07. The van der Waals surface area contributed by atoms with E-state index in [1.54, 1.807) is 0 Å². The van der Waals surface area contributed by atoms with Crippen molar-refractivity contribution < 1.29 is 9.53 Å². The van der Waals surface area contributed by atoms with Crippen molar-refractivity contribution >= 4 is 17.3 Å². The molecule has 0 amide bonds. The molecule has 1 aromatic heterocycles. The first-order valence-corrected chi connectivity index (χ1v) is 5.90. The summed E-state index contributed by atoms with van der Waals surface area (Å²) in [5, 5.41) is 0. The zero-order valence-corrected chi connectivity index (χ0v) is 9.84. The average Bonchev–Trinajstić information content (AvgIpc) is 2.63. The van der Waals surface area contributed by atoms with Gasteiger partial charge in [-0.1, -0.05) is 6.92 Å². The minimum absolute atomic E-state index is 0.233. The summed E-state index contributed by atoms with van der Waals surface area (Å²) in [4.78, 5) is 15.5. The van der Waals surface area contributed by atoms with Gasteiger partial charge in [-0.05, 0) is 18.1 Å². The highest BCUT2D eigenvalue weighted by molar-refractivity contribution is 7.13. The van der Waals surface area contributed by atoms with Crippen LogP contribution in [0.15, 0.2) is 12.1 Å². The molecule has 0 aliphatic carbocycles. The summed E-state index contributed by atoms with van der Waals surface area (Å²) in [5.41, 5.74) is 0. The van der Waals surface area contributed by atoms with Crippen LogP contribution < -0.4 is 0 Å². The van der Waals surface area contributed by atoms with Crippen LogP contribution in [0.2, 0.25) is 0 Å². The number of rotatable bonds is 3. The number of hydrogen-bond acceptors (Lipinski definition) is 4. The molecule has 1 saturated heterocycles. The number of nitrogens with zero attached hydrogens (tertiary/aromatic N) is 1. The van der Waals surface area contributed by atoms with Crippen molar-refractivity contribution in [1.82, 2.24) is 4.90 Å². The molecule has 0 N–H and O–H groups in total. The third kappa shape index (κ3) is 2.38. The fraction of sp³-hybridized carbons (Fsp3) is 0.545. The molecule has 2 heterocycles. The molecular formula is C11H15NO2S. The van der Waals surface area contributed by atoms with Crippen molar-refractivity contribution in [2.24, 2.45) is 5.92 Å². The number of carbonyl (C=O) groups excluding carboxylic acids is 1. The van der Waals surface area contributed by atoms with E-state index in [0.29, 0.717) is 4.88 Å². The number of esters is 1. The summed E-state index contributed by atoms with van der Waals surface area (Å²) < 4.78 is 4.67. The highest BCUT2D eigenvalue weighted by Gasteiger charge is 2.22. The molecule has 3 nitrogen and oxygen atoms in total. The van der Waals surface area contributed by atoms with Crippen LogP contribution in [0.3, 0.4) is 0 Å². The van der Waals surface area contributed by atoms with Crippen LogP contribution in [-0.4, -0.2) is 31.1 Å².